The topological polar surface area (TPSA) is 12.0 Å². The van der Waals surface area contributed by atoms with Crippen LogP contribution in [0.3, 0.4) is 0 Å². The first-order valence-electron chi connectivity index (χ1n) is 6.84. The van der Waals surface area contributed by atoms with Gasteiger partial charge in [0, 0.05) is 16.1 Å². The highest BCUT2D eigenvalue weighted by Gasteiger charge is 2.17. The van der Waals surface area contributed by atoms with Gasteiger partial charge in [-0.2, -0.15) is 0 Å². The zero-order valence-electron chi connectivity index (χ0n) is 11.8. The largest absolute Gasteiger partial charge is 0.313 e. The molecule has 2 aromatic carbocycles. The van der Waals surface area contributed by atoms with Crippen molar-refractivity contribution in [3.63, 3.8) is 0 Å². The molecule has 2 rings (SSSR count). The minimum Gasteiger partial charge on any atom is -0.313 e. The number of hydrogen-bond acceptors (Lipinski definition) is 1. The molecule has 0 aliphatic carbocycles. The Morgan fingerprint density at radius 2 is 1.75 bits per heavy atom. The average molecular weight is 336 g/mol. The molecule has 0 saturated heterocycles. The van der Waals surface area contributed by atoms with Gasteiger partial charge in [-0.15, -0.1) is 0 Å². The number of hydrogen-bond donors (Lipinski definition) is 1. The predicted octanol–water partition coefficient (Wildman–Crippen LogP) is 4.65. The number of aryl methyl sites for hydroxylation is 1. The number of nitrogens with one attached hydrogen (secondary N) is 1. The van der Waals surface area contributed by atoms with E-state index in [2.05, 4.69) is 52.4 Å². The van der Waals surface area contributed by atoms with Crippen molar-refractivity contribution in [2.45, 2.75) is 25.8 Å². The van der Waals surface area contributed by atoms with Gasteiger partial charge in [-0.25, -0.2) is 4.39 Å². The Morgan fingerprint density at radius 1 is 1.10 bits per heavy atom. The van der Waals surface area contributed by atoms with E-state index in [4.69, 9.17) is 0 Å². The molecule has 0 saturated carbocycles. The quantitative estimate of drug-likeness (QED) is 0.838. The molecule has 0 bridgehead atoms. The van der Waals surface area contributed by atoms with Gasteiger partial charge < -0.3 is 5.32 Å². The standard InChI is InChI=1S/C17H19BrFN/c1-3-12-7-9-13(10-8-12)11-16(20-2)17-14(18)5-4-6-15(17)19/h4-10,16,20H,3,11H2,1-2H3. The van der Waals surface area contributed by atoms with Gasteiger partial charge in [0.2, 0.25) is 0 Å². The lowest BCUT2D eigenvalue weighted by Crippen LogP contribution is -2.20. The minimum absolute atomic E-state index is 0.0435. The predicted molar refractivity (Wildman–Crippen MR) is 85.4 cm³/mol. The molecule has 0 amide bonds. The van der Waals surface area contributed by atoms with Crippen LogP contribution in [0, 0.1) is 5.82 Å². The smallest absolute Gasteiger partial charge is 0.129 e. The zero-order valence-corrected chi connectivity index (χ0v) is 13.4. The molecule has 20 heavy (non-hydrogen) atoms. The molecule has 0 radical (unpaired) electrons. The number of likely N-dealkylation sites (N-methyl/N-ethyl adjacent to an activating group) is 1. The van der Waals surface area contributed by atoms with Crippen molar-refractivity contribution >= 4 is 15.9 Å². The van der Waals surface area contributed by atoms with E-state index in [9.17, 15) is 4.39 Å². The fraction of sp³-hybridized carbons (Fsp3) is 0.294. The van der Waals surface area contributed by atoms with Gasteiger partial charge in [0.1, 0.15) is 5.82 Å². The Kier molecular flexibility index (Phi) is 5.32. The Labute approximate surface area is 128 Å². The van der Waals surface area contributed by atoms with Crippen LogP contribution in [-0.4, -0.2) is 7.05 Å². The highest BCUT2D eigenvalue weighted by Crippen LogP contribution is 2.28. The zero-order chi connectivity index (χ0) is 14.5. The summed E-state index contributed by atoms with van der Waals surface area (Å²) >= 11 is 3.44. The van der Waals surface area contributed by atoms with E-state index < -0.39 is 0 Å². The molecule has 0 heterocycles. The molecule has 1 unspecified atom stereocenters. The molecule has 0 aromatic heterocycles. The second kappa shape index (κ2) is 7.00. The molecule has 1 N–H and O–H groups in total. The second-order valence-electron chi connectivity index (χ2n) is 4.85. The molecular weight excluding hydrogens is 317 g/mol. The van der Waals surface area contributed by atoms with Crippen LogP contribution in [0.15, 0.2) is 46.9 Å². The highest BCUT2D eigenvalue weighted by atomic mass is 79.9. The molecule has 1 atom stereocenters. The van der Waals surface area contributed by atoms with Crippen LogP contribution in [0.5, 0.6) is 0 Å². The summed E-state index contributed by atoms with van der Waals surface area (Å²) < 4.78 is 14.8. The Hall–Kier alpha value is -1.19. The van der Waals surface area contributed by atoms with Crippen molar-refractivity contribution in [3.8, 4) is 0 Å². The van der Waals surface area contributed by atoms with E-state index >= 15 is 0 Å². The SMILES string of the molecule is CCc1ccc(CC(NC)c2c(F)cccc2Br)cc1. The van der Waals surface area contributed by atoms with E-state index in [1.807, 2.05) is 13.1 Å². The molecule has 3 heteroatoms. The summed E-state index contributed by atoms with van der Waals surface area (Å²) in [7, 11) is 1.87. The van der Waals surface area contributed by atoms with Crippen molar-refractivity contribution in [3.05, 3.63) is 69.4 Å². The minimum atomic E-state index is -0.177. The van der Waals surface area contributed by atoms with Crippen LogP contribution in [0.25, 0.3) is 0 Å². The average Bonchev–Trinajstić information content (AvgIpc) is 2.46. The first kappa shape index (κ1) is 15.2. The van der Waals surface area contributed by atoms with Crippen molar-refractivity contribution in [1.29, 1.82) is 0 Å². The van der Waals surface area contributed by atoms with Crippen LogP contribution in [0.2, 0.25) is 0 Å². The summed E-state index contributed by atoms with van der Waals surface area (Å²) in [6.07, 6.45) is 1.80. The summed E-state index contributed by atoms with van der Waals surface area (Å²) in [5.41, 5.74) is 3.22. The van der Waals surface area contributed by atoms with Gasteiger partial charge in [0.15, 0.2) is 0 Å². The molecule has 1 nitrogen and oxygen atoms in total. The van der Waals surface area contributed by atoms with Crippen molar-refractivity contribution in [2.24, 2.45) is 0 Å². The van der Waals surface area contributed by atoms with Crippen molar-refractivity contribution in [1.82, 2.24) is 5.32 Å². The fourth-order valence-corrected chi connectivity index (χ4v) is 2.96. The van der Waals surface area contributed by atoms with E-state index in [1.54, 1.807) is 6.07 Å². The van der Waals surface area contributed by atoms with Gasteiger partial charge >= 0.3 is 0 Å². The van der Waals surface area contributed by atoms with Gasteiger partial charge in [0.05, 0.1) is 0 Å². The third-order valence-corrected chi connectivity index (χ3v) is 4.26. The molecule has 0 aliphatic heterocycles. The van der Waals surface area contributed by atoms with Gasteiger partial charge in [-0.05, 0) is 43.1 Å². The van der Waals surface area contributed by atoms with E-state index in [0.717, 1.165) is 17.3 Å². The third-order valence-electron chi connectivity index (χ3n) is 3.57. The second-order valence-corrected chi connectivity index (χ2v) is 5.71. The molecule has 2 aromatic rings. The van der Waals surface area contributed by atoms with Crippen LogP contribution in [0.1, 0.15) is 29.7 Å². The van der Waals surface area contributed by atoms with Crippen LogP contribution in [0.4, 0.5) is 4.39 Å². The lowest BCUT2D eigenvalue weighted by Gasteiger charge is -2.19. The van der Waals surface area contributed by atoms with Gasteiger partial charge in [-0.1, -0.05) is 53.2 Å². The van der Waals surface area contributed by atoms with Crippen LogP contribution in [-0.2, 0) is 12.8 Å². The normalized spacial score (nSPS) is 12.4. The highest BCUT2D eigenvalue weighted by molar-refractivity contribution is 9.10. The summed E-state index contributed by atoms with van der Waals surface area (Å²) in [6.45, 7) is 2.14. The summed E-state index contributed by atoms with van der Waals surface area (Å²) in [4.78, 5) is 0. The van der Waals surface area contributed by atoms with E-state index in [-0.39, 0.29) is 11.9 Å². The van der Waals surface area contributed by atoms with Gasteiger partial charge in [-0.3, -0.25) is 0 Å². The van der Waals surface area contributed by atoms with E-state index in [1.165, 1.54) is 17.2 Å². The number of rotatable bonds is 5. The Bertz CT molecular complexity index is 545. The lowest BCUT2D eigenvalue weighted by molar-refractivity contribution is 0.531. The van der Waals surface area contributed by atoms with E-state index in [0.29, 0.717) is 5.56 Å². The van der Waals surface area contributed by atoms with Crippen LogP contribution >= 0.6 is 15.9 Å². The van der Waals surface area contributed by atoms with Crippen molar-refractivity contribution in [2.75, 3.05) is 7.05 Å². The number of benzene rings is 2. The summed E-state index contributed by atoms with van der Waals surface area (Å²) in [5.74, 6) is -0.177. The monoisotopic (exact) mass is 335 g/mol. The molecule has 0 aliphatic rings. The number of halogens is 2. The van der Waals surface area contributed by atoms with Crippen LogP contribution < -0.4 is 5.32 Å². The first-order valence-corrected chi connectivity index (χ1v) is 7.64. The lowest BCUT2D eigenvalue weighted by atomic mass is 9.97. The maximum atomic E-state index is 14.0. The molecule has 0 fully saturated rings. The third kappa shape index (κ3) is 3.47. The van der Waals surface area contributed by atoms with Gasteiger partial charge in [0.25, 0.3) is 0 Å². The molecule has 0 spiro atoms. The molecule has 106 valence electrons. The fourth-order valence-electron chi connectivity index (χ4n) is 2.34. The maximum Gasteiger partial charge on any atom is 0.129 e. The summed E-state index contributed by atoms with van der Waals surface area (Å²) in [5, 5.41) is 3.21. The molecular formula is C17H19BrFN. The Morgan fingerprint density at radius 3 is 2.30 bits per heavy atom. The first-order chi connectivity index (χ1) is 9.65. The Balaban J connectivity index is 2.24. The summed E-state index contributed by atoms with van der Waals surface area (Å²) in [6, 6.07) is 13.6. The maximum absolute atomic E-state index is 14.0. The van der Waals surface area contributed by atoms with Crippen molar-refractivity contribution < 1.29 is 4.39 Å².